The second-order valence-corrected chi connectivity index (χ2v) is 4.72. The topological polar surface area (TPSA) is 60.2 Å². The molecule has 17 heavy (non-hydrogen) atoms. The van der Waals surface area contributed by atoms with Crippen LogP contribution in [0.5, 0.6) is 0 Å². The molecule has 0 aromatic carbocycles. The van der Waals surface area contributed by atoms with Crippen molar-refractivity contribution in [1.82, 2.24) is 14.8 Å². The Morgan fingerprint density at radius 1 is 1.41 bits per heavy atom. The van der Waals surface area contributed by atoms with E-state index >= 15 is 0 Å². The van der Waals surface area contributed by atoms with E-state index in [4.69, 9.17) is 4.74 Å². The van der Waals surface area contributed by atoms with E-state index in [-0.39, 0.29) is 6.10 Å². The summed E-state index contributed by atoms with van der Waals surface area (Å²) in [4.78, 5) is 4.44. The molecule has 0 saturated heterocycles. The standard InChI is InChI=1S/C12H23N3O2/c1-5-10(16)7-15-12(8-17-4)13-11(14-15)6-9(2)3/h9-10,16H,5-8H2,1-4H3. The quantitative estimate of drug-likeness (QED) is 0.783. The largest absolute Gasteiger partial charge is 0.391 e. The van der Waals surface area contributed by atoms with Crippen LogP contribution < -0.4 is 0 Å². The second-order valence-electron chi connectivity index (χ2n) is 4.72. The molecule has 0 fully saturated rings. The van der Waals surface area contributed by atoms with E-state index in [0.29, 0.717) is 25.5 Å². The van der Waals surface area contributed by atoms with E-state index in [1.807, 2.05) is 6.92 Å². The Morgan fingerprint density at radius 2 is 2.12 bits per heavy atom. The number of ether oxygens (including phenoxy) is 1. The lowest BCUT2D eigenvalue weighted by atomic mass is 10.1. The molecule has 0 spiro atoms. The van der Waals surface area contributed by atoms with Gasteiger partial charge in [0.05, 0.1) is 12.6 Å². The summed E-state index contributed by atoms with van der Waals surface area (Å²) in [5.41, 5.74) is 0. The summed E-state index contributed by atoms with van der Waals surface area (Å²) in [6.45, 7) is 7.14. The fourth-order valence-electron chi connectivity index (χ4n) is 1.59. The minimum Gasteiger partial charge on any atom is -0.391 e. The molecule has 1 unspecified atom stereocenters. The zero-order valence-corrected chi connectivity index (χ0v) is 11.2. The van der Waals surface area contributed by atoms with Crippen LogP contribution in [0.4, 0.5) is 0 Å². The number of nitrogens with zero attached hydrogens (tertiary/aromatic N) is 3. The van der Waals surface area contributed by atoms with Crippen molar-refractivity contribution in [3.05, 3.63) is 11.6 Å². The van der Waals surface area contributed by atoms with E-state index in [2.05, 4.69) is 23.9 Å². The average Bonchev–Trinajstić information content (AvgIpc) is 2.60. The predicted molar refractivity (Wildman–Crippen MR) is 65.6 cm³/mol. The number of hydrogen-bond acceptors (Lipinski definition) is 4. The summed E-state index contributed by atoms with van der Waals surface area (Å²) in [6.07, 6.45) is 1.19. The highest BCUT2D eigenvalue weighted by molar-refractivity contribution is 4.93. The Kier molecular flexibility index (Phi) is 5.58. The van der Waals surface area contributed by atoms with Gasteiger partial charge in [-0.3, -0.25) is 0 Å². The zero-order chi connectivity index (χ0) is 12.8. The van der Waals surface area contributed by atoms with E-state index in [1.54, 1.807) is 11.8 Å². The third-order valence-electron chi connectivity index (χ3n) is 2.51. The van der Waals surface area contributed by atoms with Gasteiger partial charge in [-0.2, -0.15) is 5.10 Å². The van der Waals surface area contributed by atoms with Crippen molar-refractivity contribution in [1.29, 1.82) is 0 Å². The Bertz CT molecular complexity index is 336. The second kappa shape index (κ2) is 6.71. The van der Waals surface area contributed by atoms with Crippen molar-refractivity contribution in [2.75, 3.05) is 7.11 Å². The minimum absolute atomic E-state index is 0.376. The lowest BCUT2D eigenvalue weighted by Gasteiger charge is -2.09. The van der Waals surface area contributed by atoms with Gasteiger partial charge in [0.2, 0.25) is 0 Å². The van der Waals surface area contributed by atoms with Crippen molar-refractivity contribution in [2.24, 2.45) is 5.92 Å². The fourth-order valence-corrected chi connectivity index (χ4v) is 1.59. The van der Waals surface area contributed by atoms with Crippen LogP contribution >= 0.6 is 0 Å². The number of rotatable bonds is 7. The van der Waals surface area contributed by atoms with Gasteiger partial charge in [-0.15, -0.1) is 0 Å². The molecular formula is C12H23N3O2. The lowest BCUT2D eigenvalue weighted by molar-refractivity contribution is 0.133. The fraction of sp³-hybridized carbons (Fsp3) is 0.833. The molecule has 1 aromatic rings. The molecule has 1 N–H and O–H groups in total. The third kappa shape index (κ3) is 4.44. The predicted octanol–water partition coefficient (Wildman–Crippen LogP) is 1.39. The number of aliphatic hydroxyl groups excluding tert-OH is 1. The van der Waals surface area contributed by atoms with Gasteiger partial charge < -0.3 is 9.84 Å². The Labute approximate surface area is 103 Å². The van der Waals surface area contributed by atoms with Crippen LogP contribution in [-0.2, 0) is 24.3 Å². The monoisotopic (exact) mass is 241 g/mol. The molecule has 5 nitrogen and oxygen atoms in total. The van der Waals surface area contributed by atoms with Crippen molar-refractivity contribution in [3.63, 3.8) is 0 Å². The maximum absolute atomic E-state index is 9.67. The molecule has 1 aromatic heterocycles. The normalized spacial score (nSPS) is 13.3. The highest BCUT2D eigenvalue weighted by Crippen LogP contribution is 2.08. The van der Waals surface area contributed by atoms with Crippen molar-refractivity contribution in [2.45, 2.75) is 52.9 Å². The lowest BCUT2D eigenvalue weighted by Crippen LogP contribution is -2.18. The summed E-state index contributed by atoms with van der Waals surface area (Å²) in [5, 5.41) is 14.1. The highest BCUT2D eigenvalue weighted by Gasteiger charge is 2.13. The Morgan fingerprint density at radius 3 is 2.65 bits per heavy atom. The van der Waals surface area contributed by atoms with E-state index in [9.17, 15) is 5.11 Å². The summed E-state index contributed by atoms with van der Waals surface area (Å²) in [7, 11) is 1.64. The number of aromatic nitrogens is 3. The minimum atomic E-state index is -0.376. The molecule has 0 radical (unpaired) electrons. The number of aliphatic hydroxyl groups is 1. The molecule has 0 aliphatic rings. The van der Waals surface area contributed by atoms with E-state index in [1.165, 1.54) is 0 Å². The molecule has 98 valence electrons. The molecule has 0 aliphatic carbocycles. The first-order valence-corrected chi connectivity index (χ1v) is 6.16. The van der Waals surface area contributed by atoms with Crippen molar-refractivity contribution < 1.29 is 9.84 Å². The first-order valence-electron chi connectivity index (χ1n) is 6.16. The van der Waals surface area contributed by atoms with Gasteiger partial charge in [0.15, 0.2) is 11.6 Å². The molecule has 0 bridgehead atoms. The smallest absolute Gasteiger partial charge is 0.153 e. The first kappa shape index (κ1) is 14.1. The van der Waals surface area contributed by atoms with Crippen LogP contribution in [-0.4, -0.2) is 33.1 Å². The molecule has 1 atom stereocenters. The van der Waals surface area contributed by atoms with Crippen LogP contribution in [0.1, 0.15) is 38.8 Å². The van der Waals surface area contributed by atoms with E-state index in [0.717, 1.165) is 18.1 Å². The van der Waals surface area contributed by atoms with Gasteiger partial charge in [-0.25, -0.2) is 9.67 Å². The van der Waals surface area contributed by atoms with Crippen molar-refractivity contribution >= 4 is 0 Å². The van der Waals surface area contributed by atoms with Crippen LogP contribution in [0.2, 0.25) is 0 Å². The van der Waals surface area contributed by atoms with Gasteiger partial charge >= 0.3 is 0 Å². The summed E-state index contributed by atoms with van der Waals surface area (Å²) < 4.78 is 6.86. The molecule has 1 rings (SSSR count). The Hall–Kier alpha value is -0.940. The molecule has 0 saturated carbocycles. The van der Waals surface area contributed by atoms with Gasteiger partial charge in [0, 0.05) is 13.5 Å². The third-order valence-corrected chi connectivity index (χ3v) is 2.51. The number of hydrogen-bond donors (Lipinski definition) is 1. The van der Waals surface area contributed by atoms with Crippen LogP contribution in [0, 0.1) is 5.92 Å². The van der Waals surface area contributed by atoms with Crippen LogP contribution in [0.15, 0.2) is 0 Å². The maximum Gasteiger partial charge on any atom is 0.153 e. The Balaban J connectivity index is 2.80. The zero-order valence-electron chi connectivity index (χ0n) is 11.2. The van der Waals surface area contributed by atoms with E-state index < -0.39 is 0 Å². The van der Waals surface area contributed by atoms with Gasteiger partial charge in [0.1, 0.15) is 6.61 Å². The SMILES string of the molecule is CCC(O)Cn1nc(CC(C)C)nc1COC. The molecule has 0 amide bonds. The molecule has 5 heteroatoms. The molecule has 0 aliphatic heterocycles. The van der Waals surface area contributed by atoms with Gasteiger partial charge in [-0.05, 0) is 12.3 Å². The number of methoxy groups -OCH3 is 1. The van der Waals surface area contributed by atoms with Crippen LogP contribution in [0.25, 0.3) is 0 Å². The van der Waals surface area contributed by atoms with Gasteiger partial charge in [-0.1, -0.05) is 20.8 Å². The summed E-state index contributed by atoms with van der Waals surface area (Å²) in [6, 6.07) is 0. The maximum atomic E-state index is 9.67. The first-order chi connectivity index (χ1) is 8.06. The highest BCUT2D eigenvalue weighted by atomic mass is 16.5. The van der Waals surface area contributed by atoms with Crippen molar-refractivity contribution in [3.8, 4) is 0 Å². The summed E-state index contributed by atoms with van der Waals surface area (Å²) in [5.74, 6) is 2.14. The average molecular weight is 241 g/mol. The molecule has 1 heterocycles. The van der Waals surface area contributed by atoms with Crippen LogP contribution in [0.3, 0.4) is 0 Å². The summed E-state index contributed by atoms with van der Waals surface area (Å²) >= 11 is 0. The van der Waals surface area contributed by atoms with Gasteiger partial charge in [0.25, 0.3) is 0 Å². The molecular weight excluding hydrogens is 218 g/mol.